The van der Waals surface area contributed by atoms with E-state index in [1.165, 1.54) is 0 Å². The van der Waals surface area contributed by atoms with Crippen LogP contribution < -0.4 is 5.43 Å². The first-order valence-electron chi connectivity index (χ1n) is 4.51. The Morgan fingerprint density at radius 3 is 2.40 bits per heavy atom. The Balaban J connectivity index is 2.67. The van der Waals surface area contributed by atoms with Crippen molar-refractivity contribution in [3.8, 4) is 0 Å². The minimum atomic E-state index is -1.18. The fourth-order valence-corrected chi connectivity index (χ4v) is 1.04. The summed E-state index contributed by atoms with van der Waals surface area (Å²) in [6.45, 7) is 1.84. The van der Waals surface area contributed by atoms with Crippen LogP contribution in [0.2, 0.25) is 0 Å². The molecule has 1 aromatic rings. The van der Waals surface area contributed by atoms with Gasteiger partial charge in [-0.2, -0.15) is 0 Å². The highest BCUT2D eigenvalue weighted by Crippen LogP contribution is 1.98. The number of hydrazine groups is 1. The highest BCUT2D eigenvalue weighted by molar-refractivity contribution is 5.94. The van der Waals surface area contributed by atoms with Crippen LogP contribution in [0.1, 0.15) is 17.3 Å². The smallest absolute Gasteiger partial charge is 0.426 e. The molecule has 0 radical (unpaired) electrons. The van der Waals surface area contributed by atoms with Crippen LogP contribution in [-0.2, 0) is 0 Å². The maximum Gasteiger partial charge on any atom is 0.426 e. The minimum absolute atomic E-state index is 0.202. The number of carboxylic acid groups (broad SMARTS) is 1. The zero-order valence-corrected chi connectivity index (χ0v) is 8.30. The molecule has 80 valence electrons. The standard InChI is InChI=1S/C10H12N2O3/c1-2-12(10(14)15)11-9(13)8-6-4-3-5-7-8/h3-7H,2H2,1H3,(H,11,13)(H,14,15). The van der Waals surface area contributed by atoms with Crippen LogP contribution in [-0.4, -0.2) is 28.7 Å². The summed E-state index contributed by atoms with van der Waals surface area (Å²) < 4.78 is 0. The maximum absolute atomic E-state index is 11.5. The Bertz CT molecular complexity index is 351. The fraction of sp³-hybridized carbons (Fsp3) is 0.200. The summed E-state index contributed by atoms with van der Waals surface area (Å²) in [6, 6.07) is 8.44. The van der Waals surface area contributed by atoms with Crippen molar-refractivity contribution in [3.05, 3.63) is 35.9 Å². The SMILES string of the molecule is CCN(NC(=O)c1ccccc1)C(=O)O. The number of hydrogen-bond donors (Lipinski definition) is 2. The Morgan fingerprint density at radius 1 is 1.33 bits per heavy atom. The average molecular weight is 208 g/mol. The molecule has 0 unspecified atom stereocenters. The van der Waals surface area contributed by atoms with Gasteiger partial charge in [-0.1, -0.05) is 18.2 Å². The van der Waals surface area contributed by atoms with E-state index >= 15 is 0 Å². The lowest BCUT2D eigenvalue weighted by Crippen LogP contribution is -2.45. The Kier molecular flexibility index (Phi) is 3.68. The molecular weight excluding hydrogens is 196 g/mol. The lowest BCUT2D eigenvalue weighted by atomic mass is 10.2. The van der Waals surface area contributed by atoms with Gasteiger partial charge in [-0.05, 0) is 19.1 Å². The normalized spacial score (nSPS) is 9.40. The van der Waals surface area contributed by atoms with E-state index in [1.54, 1.807) is 37.3 Å². The van der Waals surface area contributed by atoms with Crippen LogP contribution in [0.3, 0.4) is 0 Å². The van der Waals surface area contributed by atoms with Gasteiger partial charge in [0.1, 0.15) is 0 Å². The van der Waals surface area contributed by atoms with E-state index in [0.29, 0.717) is 5.56 Å². The second-order valence-corrected chi connectivity index (χ2v) is 2.83. The topological polar surface area (TPSA) is 69.6 Å². The number of nitrogens with zero attached hydrogens (tertiary/aromatic N) is 1. The van der Waals surface area contributed by atoms with Gasteiger partial charge in [-0.25, -0.2) is 9.80 Å². The number of rotatable bonds is 2. The first kappa shape index (κ1) is 11.0. The van der Waals surface area contributed by atoms with Gasteiger partial charge in [-0.3, -0.25) is 10.2 Å². The molecule has 15 heavy (non-hydrogen) atoms. The second-order valence-electron chi connectivity index (χ2n) is 2.83. The quantitative estimate of drug-likeness (QED) is 0.720. The minimum Gasteiger partial charge on any atom is -0.464 e. The molecule has 5 heteroatoms. The van der Waals surface area contributed by atoms with Gasteiger partial charge in [0.2, 0.25) is 0 Å². The first-order chi connectivity index (χ1) is 7.15. The lowest BCUT2D eigenvalue weighted by Gasteiger charge is -2.17. The summed E-state index contributed by atoms with van der Waals surface area (Å²) in [7, 11) is 0. The highest BCUT2D eigenvalue weighted by atomic mass is 16.4. The summed E-state index contributed by atoms with van der Waals surface area (Å²) in [5.41, 5.74) is 2.71. The Morgan fingerprint density at radius 2 is 1.93 bits per heavy atom. The van der Waals surface area contributed by atoms with Crippen LogP contribution in [0.15, 0.2) is 30.3 Å². The summed E-state index contributed by atoms with van der Waals surface area (Å²) in [4.78, 5) is 22.1. The number of carbonyl (C=O) groups excluding carboxylic acids is 1. The van der Waals surface area contributed by atoms with Crippen molar-refractivity contribution in [1.29, 1.82) is 0 Å². The molecule has 0 atom stereocenters. The van der Waals surface area contributed by atoms with Crippen LogP contribution in [0, 0.1) is 0 Å². The molecule has 5 nitrogen and oxygen atoms in total. The molecular formula is C10H12N2O3. The average Bonchev–Trinajstić information content (AvgIpc) is 2.26. The molecule has 0 aliphatic rings. The number of carbonyl (C=O) groups is 2. The first-order valence-corrected chi connectivity index (χ1v) is 4.51. The van der Waals surface area contributed by atoms with Crippen molar-refractivity contribution in [1.82, 2.24) is 10.4 Å². The summed E-state index contributed by atoms with van der Waals surface area (Å²) in [6.07, 6.45) is -1.18. The van der Waals surface area contributed by atoms with E-state index in [4.69, 9.17) is 5.11 Å². The van der Waals surface area contributed by atoms with Crippen LogP contribution in [0.5, 0.6) is 0 Å². The molecule has 2 N–H and O–H groups in total. The summed E-state index contributed by atoms with van der Waals surface area (Å²) in [5, 5.41) is 9.51. The zero-order chi connectivity index (χ0) is 11.3. The molecule has 0 aliphatic carbocycles. The summed E-state index contributed by atoms with van der Waals surface area (Å²) in [5.74, 6) is -0.431. The van der Waals surface area contributed by atoms with Crippen LogP contribution >= 0.6 is 0 Å². The molecule has 1 aromatic carbocycles. The molecule has 1 rings (SSSR count). The van der Waals surface area contributed by atoms with Gasteiger partial charge in [0, 0.05) is 12.1 Å². The molecule has 0 saturated heterocycles. The van der Waals surface area contributed by atoms with Crippen molar-refractivity contribution in [2.45, 2.75) is 6.92 Å². The van der Waals surface area contributed by atoms with E-state index < -0.39 is 12.0 Å². The predicted octanol–water partition coefficient (Wildman–Crippen LogP) is 1.33. The number of nitrogens with one attached hydrogen (secondary N) is 1. The van der Waals surface area contributed by atoms with Gasteiger partial charge in [-0.15, -0.1) is 0 Å². The van der Waals surface area contributed by atoms with Gasteiger partial charge in [0.25, 0.3) is 5.91 Å². The summed E-state index contributed by atoms with van der Waals surface area (Å²) >= 11 is 0. The maximum atomic E-state index is 11.5. The number of benzene rings is 1. The highest BCUT2D eigenvalue weighted by Gasteiger charge is 2.13. The Hall–Kier alpha value is -2.04. The second kappa shape index (κ2) is 4.99. The van der Waals surface area contributed by atoms with E-state index in [0.717, 1.165) is 5.01 Å². The monoisotopic (exact) mass is 208 g/mol. The van der Waals surface area contributed by atoms with Crippen LogP contribution in [0.25, 0.3) is 0 Å². The van der Waals surface area contributed by atoms with Crippen molar-refractivity contribution in [2.24, 2.45) is 0 Å². The third kappa shape index (κ3) is 2.98. The van der Waals surface area contributed by atoms with Crippen molar-refractivity contribution in [3.63, 3.8) is 0 Å². The number of amides is 2. The lowest BCUT2D eigenvalue weighted by molar-refractivity contribution is 0.0766. The van der Waals surface area contributed by atoms with E-state index in [1.807, 2.05) is 0 Å². The molecule has 0 spiro atoms. The van der Waals surface area contributed by atoms with Gasteiger partial charge < -0.3 is 5.11 Å². The van der Waals surface area contributed by atoms with Gasteiger partial charge in [0.05, 0.1) is 0 Å². The Labute approximate surface area is 87.3 Å². The molecule has 0 aliphatic heterocycles. The molecule has 0 fully saturated rings. The largest absolute Gasteiger partial charge is 0.464 e. The van der Waals surface area contributed by atoms with Crippen molar-refractivity contribution >= 4 is 12.0 Å². The molecule has 0 heterocycles. The van der Waals surface area contributed by atoms with Crippen molar-refractivity contribution < 1.29 is 14.7 Å². The van der Waals surface area contributed by atoms with E-state index in [9.17, 15) is 9.59 Å². The third-order valence-corrected chi connectivity index (χ3v) is 1.82. The molecule has 0 saturated carbocycles. The van der Waals surface area contributed by atoms with Crippen LogP contribution in [0.4, 0.5) is 4.79 Å². The van der Waals surface area contributed by atoms with E-state index in [2.05, 4.69) is 5.43 Å². The third-order valence-electron chi connectivity index (χ3n) is 1.82. The molecule has 0 aromatic heterocycles. The zero-order valence-electron chi connectivity index (χ0n) is 8.30. The van der Waals surface area contributed by atoms with Gasteiger partial charge in [0.15, 0.2) is 0 Å². The predicted molar refractivity (Wildman–Crippen MR) is 54.3 cm³/mol. The van der Waals surface area contributed by atoms with E-state index in [-0.39, 0.29) is 6.54 Å². The molecule has 2 amide bonds. The fourth-order valence-electron chi connectivity index (χ4n) is 1.04. The molecule has 0 bridgehead atoms. The number of hydrogen-bond acceptors (Lipinski definition) is 2. The van der Waals surface area contributed by atoms with Gasteiger partial charge >= 0.3 is 6.09 Å². The van der Waals surface area contributed by atoms with Crippen molar-refractivity contribution in [2.75, 3.05) is 6.54 Å².